The zero-order chi connectivity index (χ0) is 16.0. The van der Waals surface area contributed by atoms with Gasteiger partial charge in [0.05, 0.1) is 0 Å². The van der Waals surface area contributed by atoms with Gasteiger partial charge in [-0.3, -0.25) is 0 Å². The second-order valence-electron chi connectivity index (χ2n) is 6.39. The van der Waals surface area contributed by atoms with Crippen molar-refractivity contribution in [3.05, 3.63) is 0 Å². The summed E-state index contributed by atoms with van der Waals surface area (Å²) in [5.74, 6) is 0.704. The van der Waals surface area contributed by atoms with Crippen molar-refractivity contribution in [2.24, 2.45) is 5.92 Å². The summed E-state index contributed by atoms with van der Waals surface area (Å²) in [5, 5.41) is -0.314. The molecule has 3 aliphatic heterocycles. The van der Waals surface area contributed by atoms with E-state index in [-0.39, 0.29) is 29.7 Å². The van der Waals surface area contributed by atoms with Crippen LogP contribution in [0.3, 0.4) is 0 Å². The van der Waals surface area contributed by atoms with Crippen molar-refractivity contribution in [1.82, 2.24) is 0 Å². The predicted molar refractivity (Wildman–Crippen MR) is 89.4 cm³/mol. The normalized spacial score (nSPS) is 41.1. The minimum absolute atomic E-state index is 0.0951. The van der Waals surface area contributed by atoms with E-state index in [1.54, 1.807) is 0 Å². The Balaban J connectivity index is 1.51. The quantitative estimate of drug-likeness (QED) is 0.581. The summed E-state index contributed by atoms with van der Waals surface area (Å²) >= 11 is 0.934. The van der Waals surface area contributed by atoms with E-state index >= 15 is 0 Å². The van der Waals surface area contributed by atoms with Crippen LogP contribution in [0.25, 0.3) is 0 Å². The molecule has 6 unspecified atom stereocenters. The van der Waals surface area contributed by atoms with E-state index in [2.05, 4.69) is 0 Å². The minimum atomic E-state index is -3.73. The third-order valence-corrected chi connectivity index (χ3v) is 7.53. The summed E-state index contributed by atoms with van der Waals surface area (Å²) in [6.45, 7) is 4.26. The van der Waals surface area contributed by atoms with Gasteiger partial charge in [0.25, 0.3) is 0 Å². The molecule has 0 bridgehead atoms. The number of hydrogen-bond acceptors (Lipinski definition) is 5. The molecular weight excluding hydrogens is 320 g/mol. The Kier molecular flexibility index (Phi) is 5.15. The average Bonchev–Trinajstić information content (AvgIpc) is 2.97. The van der Waals surface area contributed by atoms with Crippen LogP contribution in [0, 0.1) is 5.92 Å². The zero-order valence-corrected chi connectivity index (χ0v) is 14.6. The Morgan fingerprint density at radius 2 is 2.23 bits per heavy atom. The summed E-state index contributed by atoms with van der Waals surface area (Å²) in [6.07, 6.45) is 1.60. The van der Waals surface area contributed by atoms with Crippen molar-refractivity contribution in [2.75, 3.05) is 5.75 Å². The molecule has 22 heavy (non-hydrogen) atoms. The first kappa shape index (κ1) is 17.4. The molecular formula is C12H20B3O5PS. The van der Waals surface area contributed by atoms with Crippen LogP contribution in [0.4, 0.5) is 0 Å². The Labute approximate surface area is 138 Å². The molecule has 1 N–H and O–H groups in total. The van der Waals surface area contributed by atoms with E-state index in [9.17, 15) is 9.46 Å². The van der Waals surface area contributed by atoms with Gasteiger partial charge in [0.1, 0.15) is 0 Å². The summed E-state index contributed by atoms with van der Waals surface area (Å²) in [4.78, 5) is 10.1. The summed E-state index contributed by atoms with van der Waals surface area (Å²) in [6, 6.07) is -0.270. The van der Waals surface area contributed by atoms with Crippen LogP contribution in [0.1, 0.15) is 33.1 Å². The van der Waals surface area contributed by atoms with Crippen molar-refractivity contribution in [2.45, 2.75) is 62.8 Å². The summed E-state index contributed by atoms with van der Waals surface area (Å²) in [5.41, 5.74) is 0. The van der Waals surface area contributed by atoms with Crippen LogP contribution in [0.5, 0.6) is 0 Å². The molecule has 0 aromatic heterocycles. The Bertz CT molecular complexity index is 501. The summed E-state index contributed by atoms with van der Waals surface area (Å²) < 4.78 is 29.3. The Morgan fingerprint density at radius 3 is 2.77 bits per heavy atom. The van der Waals surface area contributed by atoms with E-state index in [0.717, 1.165) is 24.2 Å². The Morgan fingerprint density at radius 1 is 1.50 bits per heavy atom. The fourth-order valence-electron chi connectivity index (χ4n) is 3.12. The van der Waals surface area contributed by atoms with Gasteiger partial charge in [0.15, 0.2) is 0 Å². The van der Waals surface area contributed by atoms with Crippen LogP contribution in [0.2, 0.25) is 0 Å². The maximum atomic E-state index is 12.3. The van der Waals surface area contributed by atoms with Crippen LogP contribution < -0.4 is 0 Å². The first-order valence-electron chi connectivity index (χ1n) is 7.77. The third kappa shape index (κ3) is 3.98. The molecule has 3 rings (SSSR count). The van der Waals surface area contributed by atoms with Crippen LogP contribution in [0.15, 0.2) is 0 Å². The topological polar surface area (TPSA) is 65.0 Å². The molecule has 2 radical (unpaired) electrons. The number of hydrogen-bond donors (Lipinski definition) is 1. The first-order chi connectivity index (χ1) is 10.3. The fraction of sp³-hybridized carbons (Fsp3) is 1.00. The van der Waals surface area contributed by atoms with Crippen molar-refractivity contribution in [3.63, 3.8) is 0 Å². The van der Waals surface area contributed by atoms with Gasteiger partial charge < -0.3 is 0 Å². The van der Waals surface area contributed by atoms with Gasteiger partial charge in [-0.2, -0.15) is 0 Å². The average molecular weight is 340 g/mol. The van der Waals surface area contributed by atoms with E-state index in [0.29, 0.717) is 18.1 Å². The van der Waals surface area contributed by atoms with Crippen LogP contribution in [-0.2, 0) is 18.6 Å². The number of ether oxygens (including phenoxy) is 2. The molecule has 3 aliphatic rings. The fourth-order valence-corrected chi connectivity index (χ4v) is 5.99. The summed E-state index contributed by atoms with van der Waals surface area (Å²) in [7, 11) is 5.74. The van der Waals surface area contributed by atoms with Crippen molar-refractivity contribution in [1.29, 1.82) is 0 Å². The molecule has 0 saturated carbocycles. The van der Waals surface area contributed by atoms with Crippen molar-refractivity contribution < 1.29 is 23.5 Å². The van der Waals surface area contributed by atoms with Crippen molar-refractivity contribution in [3.8, 4) is 0 Å². The van der Waals surface area contributed by atoms with Gasteiger partial charge in [-0.1, -0.05) is 0 Å². The molecule has 0 amide bonds. The van der Waals surface area contributed by atoms with E-state index < -0.39 is 6.80 Å². The van der Waals surface area contributed by atoms with Gasteiger partial charge in [-0.05, 0) is 0 Å². The zero-order valence-electron chi connectivity index (χ0n) is 12.9. The molecule has 0 aromatic rings. The third-order valence-electron chi connectivity index (χ3n) is 4.51. The standard InChI is InChI=1S/C12H20B3O5PS/c1-3-8-9(5-12(19-8)14-15-12)20-21(16,17)22-6-10-7(2)4-11(13)18-10/h7-11H,3-6H2,1-2H3,(H,16,17). The van der Waals surface area contributed by atoms with Gasteiger partial charge in [0, 0.05) is 0 Å². The number of rotatable bonds is 6. The van der Waals surface area contributed by atoms with Gasteiger partial charge >= 0.3 is 138 Å². The van der Waals surface area contributed by atoms with Gasteiger partial charge in [0.2, 0.25) is 0 Å². The molecule has 5 nitrogen and oxygen atoms in total. The second-order valence-corrected chi connectivity index (χ2v) is 10.3. The SMILES string of the molecule is [B]C1CC(C)C(CSP(=O)(O)OC2CC3(B=B3)OC2CC)O1. The maximum absolute atomic E-state index is 12.3. The van der Waals surface area contributed by atoms with Gasteiger partial charge in [-0.25, -0.2) is 0 Å². The van der Waals surface area contributed by atoms with E-state index in [1.807, 2.05) is 27.5 Å². The molecule has 3 heterocycles. The Hall–Kier alpha value is 0.615. The molecule has 6 atom stereocenters. The molecule has 2 fully saturated rings. The molecule has 0 aromatic carbocycles. The molecule has 118 valence electrons. The molecule has 2 saturated heterocycles. The van der Waals surface area contributed by atoms with Gasteiger partial charge in [-0.15, -0.1) is 0 Å². The second kappa shape index (κ2) is 6.49. The van der Waals surface area contributed by atoms with E-state index in [4.69, 9.17) is 21.8 Å². The van der Waals surface area contributed by atoms with E-state index in [1.165, 1.54) is 0 Å². The van der Waals surface area contributed by atoms with Crippen LogP contribution >= 0.6 is 18.2 Å². The molecule has 0 aliphatic carbocycles. The van der Waals surface area contributed by atoms with Crippen molar-refractivity contribution >= 4 is 39.6 Å². The predicted octanol–water partition coefficient (Wildman–Crippen LogP) is 1.31. The first-order valence-corrected chi connectivity index (χ1v) is 10.9. The molecule has 10 heteroatoms. The van der Waals surface area contributed by atoms with Crippen LogP contribution in [-0.4, -0.2) is 61.8 Å². The monoisotopic (exact) mass is 340 g/mol. The molecule has 1 spiro atoms.